The van der Waals surface area contributed by atoms with E-state index in [2.05, 4.69) is 43.7 Å². The molecule has 3 aliphatic rings. The van der Waals surface area contributed by atoms with Gasteiger partial charge in [-0.15, -0.1) is 0 Å². The van der Waals surface area contributed by atoms with Crippen LogP contribution in [-0.2, 0) is 23.1 Å². The maximum atomic E-state index is 13.8. The Bertz CT molecular complexity index is 1800. The van der Waals surface area contributed by atoms with Crippen LogP contribution in [0.1, 0.15) is 56.6 Å². The van der Waals surface area contributed by atoms with E-state index < -0.39 is 0 Å². The van der Waals surface area contributed by atoms with Crippen molar-refractivity contribution in [2.75, 3.05) is 28.2 Å². The van der Waals surface area contributed by atoms with Crippen molar-refractivity contribution in [1.29, 1.82) is 5.26 Å². The van der Waals surface area contributed by atoms with Crippen LogP contribution in [0.25, 0.3) is 11.1 Å². The van der Waals surface area contributed by atoms with Crippen molar-refractivity contribution in [3.63, 3.8) is 0 Å². The van der Waals surface area contributed by atoms with Gasteiger partial charge in [-0.1, -0.05) is 35.5 Å². The first kappa shape index (κ1) is 30.3. The van der Waals surface area contributed by atoms with E-state index in [4.69, 9.17) is 14.8 Å². The van der Waals surface area contributed by atoms with Crippen molar-refractivity contribution in [2.24, 2.45) is 12.2 Å². The van der Waals surface area contributed by atoms with Crippen LogP contribution in [0.15, 0.2) is 72.4 Å². The molecule has 4 aromatic rings. The molecule has 0 bridgehead atoms. The van der Waals surface area contributed by atoms with Gasteiger partial charge in [0.05, 0.1) is 31.2 Å². The molecule has 0 atom stereocenters. The second-order valence-electron chi connectivity index (χ2n) is 12.9. The molecule has 240 valence electrons. The van der Waals surface area contributed by atoms with Crippen LogP contribution in [0, 0.1) is 11.3 Å². The minimum absolute atomic E-state index is 0.0277. The fraction of sp³-hybridized carbons (Fsp3) is 0.400. The molecule has 12 heteroatoms. The largest absolute Gasteiger partial charge is 0.385 e. The van der Waals surface area contributed by atoms with Gasteiger partial charge in [0.25, 0.3) is 0 Å². The number of aromatic nitrogens is 5. The van der Waals surface area contributed by atoms with Crippen molar-refractivity contribution in [3.05, 3.63) is 78.4 Å². The minimum atomic E-state index is -0.313. The van der Waals surface area contributed by atoms with Crippen molar-refractivity contribution in [3.8, 4) is 17.2 Å². The SMILES string of the molecule is CC1=NOC2(C1)CN(c1nc(N[C@H]3CC[C@H](N(C(=O)CCc4ccccc4)c4ccc(-c5cnn(C)c5)cn4)CC3)ncc1C#N)C2. The normalized spacial score (nSPS) is 19.8. The van der Waals surface area contributed by atoms with E-state index in [1.54, 1.807) is 10.9 Å². The summed E-state index contributed by atoms with van der Waals surface area (Å²) in [5, 5.41) is 21.6. The molecule has 7 rings (SSSR count). The first-order valence-corrected chi connectivity index (χ1v) is 16.2. The number of benzene rings is 1. The highest BCUT2D eigenvalue weighted by Gasteiger charge is 2.50. The Kier molecular flexibility index (Phi) is 8.28. The van der Waals surface area contributed by atoms with E-state index in [0.29, 0.717) is 49.1 Å². The van der Waals surface area contributed by atoms with Crippen LogP contribution < -0.4 is 15.1 Å². The second kappa shape index (κ2) is 12.8. The summed E-state index contributed by atoms with van der Waals surface area (Å²) in [7, 11) is 1.89. The van der Waals surface area contributed by atoms with Crippen molar-refractivity contribution >= 4 is 29.2 Å². The number of amides is 1. The molecule has 5 heterocycles. The molecule has 1 amide bonds. The molecule has 1 spiro atoms. The zero-order valence-corrected chi connectivity index (χ0v) is 26.7. The highest BCUT2D eigenvalue weighted by atomic mass is 16.7. The Morgan fingerprint density at radius 3 is 2.53 bits per heavy atom. The van der Waals surface area contributed by atoms with Crippen LogP contribution in [0.2, 0.25) is 0 Å². The van der Waals surface area contributed by atoms with Crippen LogP contribution in [-0.4, -0.2) is 67.1 Å². The number of hydrogen-bond donors (Lipinski definition) is 1. The Morgan fingerprint density at radius 1 is 1.06 bits per heavy atom. The van der Waals surface area contributed by atoms with Gasteiger partial charge in [-0.2, -0.15) is 15.3 Å². The third-order valence-electron chi connectivity index (χ3n) is 9.29. The molecular weight excluding hydrogens is 592 g/mol. The number of aryl methyl sites for hydroxylation is 2. The second-order valence-corrected chi connectivity index (χ2v) is 12.9. The highest BCUT2D eigenvalue weighted by Crippen LogP contribution is 2.37. The minimum Gasteiger partial charge on any atom is -0.385 e. The standard InChI is InChI=1S/C35H38N10O2/c1-24-16-35(47-42-24)22-44(23-35)33-27(17-36)19-38-34(41-33)40-29-10-12-30(13-11-29)45(32(46)15-8-25-6-4-3-5-7-25)31-14-9-26(18-37-31)28-20-39-43(2)21-28/h3-7,9,14,18-21,29-30H,8,10-13,15-16,22-23H2,1-2H3,(H,38,40,41)/t29-,30-. The summed E-state index contributed by atoms with van der Waals surface area (Å²) in [6.45, 7) is 3.24. The summed E-state index contributed by atoms with van der Waals surface area (Å²) in [5.74, 6) is 1.87. The number of rotatable bonds is 9. The van der Waals surface area contributed by atoms with Gasteiger partial charge < -0.3 is 15.1 Å². The topological polar surface area (TPSA) is 137 Å². The average molecular weight is 631 g/mol. The number of oxime groups is 1. The van der Waals surface area contributed by atoms with E-state index in [9.17, 15) is 10.1 Å². The molecule has 1 saturated heterocycles. The lowest BCUT2D eigenvalue weighted by atomic mass is 9.89. The third-order valence-corrected chi connectivity index (χ3v) is 9.29. The van der Waals surface area contributed by atoms with E-state index in [1.807, 2.05) is 67.8 Å². The summed E-state index contributed by atoms with van der Waals surface area (Å²) in [5.41, 5.74) is 4.20. The number of carbonyl (C=O) groups is 1. The molecule has 0 unspecified atom stereocenters. The number of nitrogens with one attached hydrogen (secondary N) is 1. The Labute approximate surface area is 274 Å². The van der Waals surface area contributed by atoms with Gasteiger partial charge in [0.1, 0.15) is 17.5 Å². The lowest BCUT2D eigenvalue weighted by Gasteiger charge is -2.46. The van der Waals surface area contributed by atoms with Crippen LogP contribution in [0.3, 0.4) is 0 Å². The van der Waals surface area contributed by atoms with E-state index in [-0.39, 0.29) is 23.6 Å². The predicted molar refractivity (Wildman–Crippen MR) is 179 cm³/mol. The van der Waals surface area contributed by atoms with Gasteiger partial charge in [0, 0.05) is 55.5 Å². The van der Waals surface area contributed by atoms with E-state index >= 15 is 0 Å². The lowest BCUT2D eigenvalue weighted by molar-refractivity contribution is -0.119. The molecule has 0 radical (unpaired) electrons. The first-order chi connectivity index (χ1) is 22.9. The molecule has 1 saturated carbocycles. The first-order valence-electron chi connectivity index (χ1n) is 16.2. The molecule has 2 fully saturated rings. The van der Waals surface area contributed by atoms with Crippen LogP contribution >= 0.6 is 0 Å². The number of hydrogen-bond acceptors (Lipinski definition) is 10. The number of pyridine rings is 1. The van der Waals surface area contributed by atoms with Crippen molar-refractivity contribution < 1.29 is 9.63 Å². The zero-order chi connectivity index (χ0) is 32.4. The monoisotopic (exact) mass is 630 g/mol. The molecule has 47 heavy (non-hydrogen) atoms. The zero-order valence-electron chi connectivity index (χ0n) is 26.7. The van der Waals surface area contributed by atoms with E-state index in [0.717, 1.165) is 54.5 Å². The number of nitriles is 1. The summed E-state index contributed by atoms with van der Waals surface area (Å²) >= 11 is 0. The van der Waals surface area contributed by atoms with Gasteiger partial charge in [-0.25, -0.2) is 9.97 Å². The maximum absolute atomic E-state index is 13.8. The van der Waals surface area contributed by atoms with Gasteiger partial charge in [-0.3, -0.25) is 14.4 Å². The smallest absolute Gasteiger partial charge is 0.228 e. The predicted octanol–water partition coefficient (Wildman–Crippen LogP) is 4.89. The fourth-order valence-electron chi connectivity index (χ4n) is 6.90. The quantitative estimate of drug-likeness (QED) is 0.274. The van der Waals surface area contributed by atoms with Crippen molar-refractivity contribution in [2.45, 2.75) is 69.6 Å². The van der Waals surface area contributed by atoms with Crippen LogP contribution in [0.4, 0.5) is 17.6 Å². The summed E-state index contributed by atoms with van der Waals surface area (Å²) in [6, 6.07) is 16.5. The van der Waals surface area contributed by atoms with Gasteiger partial charge in [0.2, 0.25) is 11.9 Å². The molecule has 1 N–H and O–H groups in total. The number of anilines is 3. The summed E-state index contributed by atoms with van der Waals surface area (Å²) in [6.07, 6.45) is 12.4. The van der Waals surface area contributed by atoms with Gasteiger partial charge in [0.15, 0.2) is 11.4 Å². The lowest BCUT2D eigenvalue weighted by Crippen LogP contribution is -2.62. The fourth-order valence-corrected chi connectivity index (χ4v) is 6.90. The molecule has 3 aromatic heterocycles. The van der Waals surface area contributed by atoms with Gasteiger partial charge >= 0.3 is 0 Å². The highest BCUT2D eigenvalue weighted by molar-refractivity contribution is 5.93. The van der Waals surface area contributed by atoms with E-state index in [1.165, 1.54) is 0 Å². The number of nitrogens with zero attached hydrogens (tertiary/aromatic N) is 9. The number of carbonyl (C=O) groups excluding carboxylic acids is 1. The Balaban J connectivity index is 1.02. The molecule has 12 nitrogen and oxygen atoms in total. The summed E-state index contributed by atoms with van der Waals surface area (Å²) in [4.78, 5) is 37.5. The molecule has 1 aliphatic carbocycles. The summed E-state index contributed by atoms with van der Waals surface area (Å²) < 4.78 is 1.76. The molecular formula is C35H38N10O2. The Hall–Kier alpha value is -5.31. The molecule has 2 aliphatic heterocycles. The van der Waals surface area contributed by atoms with Gasteiger partial charge in [-0.05, 0) is 56.7 Å². The van der Waals surface area contributed by atoms with Crippen LogP contribution in [0.5, 0.6) is 0 Å². The molecule has 1 aromatic carbocycles. The maximum Gasteiger partial charge on any atom is 0.228 e. The average Bonchev–Trinajstić information content (AvgIpc) is 3.70. The Morgan fingerprint density at radius 2 is 1.87 bits per heavy atom. The van der Waals surface area contributed by atoms with Crippen molar-refractivity contribution in [1.82, 2.24) is 24.7 Å². The third kappa shape index (κ3) is 6.52.